The Morgan fingerprint density at radius 1 is 1.42 bits per heavy atom. The van der Waals surface area contributed by atoms with Crippen molar-refractivity contribution in [3.05, 3.63) is 11.7 Å². The minimum absolute atomic E-state index is 0.392. The second-order valence-corrected chi connectivity index (χ2v) is 5.83. The van der Waals surface area contributed by atoms with Gasteiger partial charge in [0.2, 0.25) is 5.89 Å². The molecule has 1 N–H and O–H groups in total. The molecule has 1 aromatic heterocycles. The molecule has 0 aliphatic carbocycles. The number of piperidine rings is 1. The highest BCUT2D eigenvalue weighted by Crippen LogP contribution is 2.11. The molecule has 5 nitrogen and oxygen atoms in total. The van der Waals surface area contributed by atoms with Crippen molar-refractivity contribution in [2.75, 3.05) is 25.4 Å². The van der Waals surface area contributed by atoms with Gasteiger partial charge in [-0.25, -0.2) is 0 Å². The van der Waals surface area contributed by atoms with Crippen LogP contribution in [-0.4, -0.2) is 41.7 Å². The Bertz CT molecular complexity index is 353. The first-order valence-electron chi connectivity index (χ1n) is 7.10. The summed E-state index contributed by atoms with van der Waals surface area (Å²) in [4.78, 5) is 4.37. The van der Waals surface area contributed by atoms with E-state index in [-0.39, 0.29) is 0 Å². The highest BCUT2D eigenvalue weighted by Gasteiger charge is 2.13. The summed E-state index contributed by atoms with van der Waals surface area (Å²) < 4.78 is 11.0. The molecule has 19 heavy (non-hydrogen) atoms. The van der Waals surface area contributed by atoms with E-state index >= 15 is 0 Å². The summed E-state index contributed by atoms with van der Waals surface area (Å²) in [6.07, 6.45) is 4.49. The standard InChI is InChI=1S/C13H23N3O2S/c1-2-9-19-10-12-15-13(18-16-12)5-8-17-11-3-6-14-7-4-11/h11,14H,2-10H2,1H3. The van der Waals surface area contributed by atoms with Crippen LogP contribution in [0.3, 0.4) is 0 Å². The number of hydrogen-bond donors (Lipinski definition) is 1. The second-order valence-electron chi connectivity index (χ2n) is 4.73. The lowest BCUT2D eigenvalue weighted by molar-refractivity contribution is 0.0322. The number of nitrogens with zero attached hydrogens (tertiary/aromatic N) is 2. The Kier molecular flexibility index (Phi) is 6.67. The maximum absolute atomic E-state index is 5.82. The molecule has 1 aliphatic rings. The Labute approximate surface area is 118 Å². The van der Waals surface area contributed by atoms with Crippen LogP contribution in [-0.2, 0) is 16.9 Å². The molecule has 0 spiro atoms. The van der Waals surface area contributed by atoms with Crippen molar-refractivity contribution in [3.63, 3.8) is 0 Å². The minimum Gasteiger partial charge on any atom is -0.378 e. The molecule has 0 radical (unpaired) electrons. The highest BCUT2D eigenvalue weighted by molar-refractivity contribution is 7.98. The van der Waals surface area contributed by atoms with Gasteiger partial charge in [0.25, 0.3) is 0 Å². The third-order valence-corrected chi connectivity index (χ3v) is 4.20. The predicted molar refractivity (Wildman–Crippen MR) is 76.3 cm³/mol. The zero-order valence-electron chi connectivity index (χ0n) is 11.6. The van der Waals surface area contributed by atoms with E-state index in [1.54, 1.807) is 0 Å². The molecule has 0 unspecified atom stereocenters. The van der Waals surface area contributed by atoms with Gasteiger partial charge in [0.15, 0.2) is 5.82 Å². The monoisotopic (exact) mass is 285 g/mol. The van der Waals surface area contributed by atoms with Crippen molar-refractivity contribution in [1.82, 2.24) is 15.5 Å². The zero-order valence-corrected chi connectivity index (χ0v) is 12.4. The van der Waals surface area contributed by atoms with Gasteiger partial charge in [0.1, 0.15) is 0 Å². The number of thioether (sulfide) groups is 1. The summed E-state index contributed by atoms with van der Waals surface area (Å²) in [5.41, 5.74) is 0. The molecule has 0 bridgehead atoms. The summed E-state index contributed by atoms with van der Waals surface area (Å²) in [6, 6.07) is 0. The van der Waals surface area contributed by atoms with Crippen LogP contribution >= 0.6 is 11.8 Å². The first kappa shape index (κ1) is 14.8. The molecule has 2 heterocycles. The Hall–Kier alpha value is -0.590. The van der Waals surface area contributed by atoms with E-state index in [0.29, 0.717) is 18.6 Å². The van der Waals surface area contributed by atoms with Crippen LogP contribution in [0.5, 0.6) is 0 Å². The summed E-state index contributed by atoms with van der Waals surface area (Å²) in [5.74, 6) is 3.48. The largest absolute Gasteiger partial charge is 0.378 e. The average molecular weight is 285 g/mol. The lowest BCUT2D eigenvalue weighted by Crippen LogP contribution is -2.32. The number of hydrogen-bond acceptors (Lipinski definition) is 6. The minimum atomic E-state index is 0.392. The van der Waals surface area contributed by atoms with Gasteiger partial charge in [0.05, 0.1) is 24.9 Å². The first-order chi connectivity index (χ1) is 9.38. The van der Waals surface area contributed by atoms with E-state index in [1.807, 2.05) is 11.8 Å². The van der Waals surface area contributed by atoms with Crippen molar-refractivity contribution in [2.45, 2.75) is 44.5 Å². The number of rotatable bonds is 8. The molecule has 0 amide bonds. The Morgan fingerprint density at radius 2 is 2.26 bits per heavy atom. The number of aromatic nitrogens is 2. The van der Waals surface area contributed by atoms with E-state index in [0.717, 1.165) is 49.7 Å². The van der Waals surface area contributed by atoms with Crippen molar-refractivity contribution >= 4 is 11.8 Å². The summed E-state index contributed by atoms with van der Waals surface area (Å²) in [6.45, 7) is 4.97. The fourth-order valence-corrected chi connectivity index (χ4v) is 2.77. The summed E-state index contributed by atoms with van der Waals surface area (Å²) in [7, 11) is 0. The Morgan fingerprint density at radius 3 is 3.05 bits per heavy atom. The molecule has 0 saturated carbocycles. The van der Waals surface area contributed by atoms with Gasteiger partial charge in [0, 0.05) is 0 Å². The van der Waals surface area contributed by atoms with Gasteiger partial charge in [-0.15, -0.1) is 0 Å². The first-order valence-corrected chi connectivity index (χ1v) is 8.25. The van der Waals surface area contributed by atoms with E-state index < -0.39 is 0 Å². The van der Waals surface area contributed by atoms with Crippen LogP contribution in [0.4, 0.5) is 0 Å². The maximum Gasteiger partial charge on any atom is 0.228 e. The molecule has 108 valence electrons. The van der Waals surface area contributed by atoms with Gasteiger partial charge in [-0.3, -0.25) is 0 Å². The molecule has 6 heteroatoms. The molecule has 1 saturated heterocycles. The van der Waals surface area contributed by atoms with Crippen LogP contribution in [0.2, 0.25) is 0 Å². The quantitative estimate of drug-likeness (QED) is 0.737. The Balaban J connectivity index is 1.62. The summed E-state index contributed by atoms with van der Waals surface area (Å²) >= 11 is 1.84. The van der Waals surface area contributed by atoms with E-state index in [2.05, 4.69) is 22.4 Å². The molecular formula is C13H23N3O2S. The zero-order chi connectivity index (χ0) is 13.3. The molecule has 1 aliphatic heterocycles. The third-order valence-electron chi connectivity index (χ3n) is 3.05. The number of nitrogens with one attached hydrogen (secondary N) is 1. The normalized spacial score (nSPS) is 16.9. The predicted octanol–water partition coefficient (Wildman–Crippen LogP) is 2.02. The van der Waals surface area contributed by atoms with E-state index in [4.69, 9.17) is 9.26 Å². The highest BCUT2D eigenvalue weighted by atomic mass is 32.2. The van der Waals surface area contributed by atoms with Crippen molar-refractivity contribution < 1.29 is 9.26 Å². The molecule has 1 aromatic rings. The average Bonchev–Trinajstić information content (AvgIpc) is 2.88. The lowest BCUT2D eigenvalue weighted by Gasteiger charge is -2.22. The van der Waals surface area contributed by atoms with Crippen molar-refractivity contribution in [1.29, 1.82) is 0 Å². The van der Waals surface area contributed by atoms with Gasteiger partial charge in [-0.2, -0.15) is 16.7 Å². The maximum atomic E-state index is 5.82. The van der Waals surface area contributed by atoms with Crippen LogP contribution in [0.15, 0.2) is 4.52 Å². The topological polar surface area (TPSA) is 60.2 Å². The molecule has 1 fully saturated rings. The lowest BCUT2D eigenvalue weighted by atomic mass is 10.1. The van der Waals surface area contributed by atoms with Crippen LogP contribution < -0.4 is 5.32 Å². The van der Waals surface area contributed by atoms with Crippen LogP contribution in [0, 0.1) is 0 Å². The van der Waals surface area contributed by atoms with Crippen LogP contribution in [0.25, 0.3) is 0 Å². The molecule has 0 atom stereocenters. The second kappa shape index (κ2) is 8.55. The van der Waals surface area contributed by atoms with Gasteiger partial charge in [-0.05, 0) is 38.1 Å². The summed E-state index contributed by atoms with van der Waals surface area (Å²) in [5, 5.41) is 7.31. The van der Waals surface area contributed by atoms with Gasteiger partial charge < -0.3 is 14.6 Å². The van der Waals surface area contributed by atoms with E-state index in [1.165, 1.54) is 6.42 Å². The van der Waals surface area contributed by atoms with Crippen LogP contribution in [0.1, 0.15) is 37.9 Å². The molecule has 0 aromatic carbocycles. The number of ether oxygens (including phenoxy) is 1. The van der Waals surface area contributed by atoms with Crippen molar-refractivity contribution in [3.8, 4) is 0 Å². The fourth-order valence-electron chi connectivity index (χ4n) is 2.03. The SMILES string of the molecule is CCCSCc1noc(CCOC2CCNCC2)n1. The van der Waals surface area contributed by atoms with Gasteiger partial charge >= 0.3 is 0 Å². The van der Waals surface area contributed by atoms with Gasteiger partial charge in [-0.1, -0.05) is 12.1 Å². The third kappa shape index (κ3) is 5.50. The molecule has 2 rings (SSSR count). The fraction of sp³-hybridized carbons (Fsp3) is 0.846. The smallest absolute Gasteiger partial charge is 0.228 e. The van der Waals surface area contributed by atoms with Crippen molar-refractivity contribution in [2.24, 2.45) is 0 Å². The van der Waals surface area contributed by atoms with E-state index in [9.17, 15) is 0 Å². The molecular weight excluding hydrogens is 262 g/mol.